The quantitative estimate of drug-likeness (QED) is 0.370. The van der Waals surface area contributed by atoms with Crippen LogP contribution in [0.25, 0.3) is 27.6 Å². The molecule has 0 radical (unpaired) electrons. The van der Waals surface area contributed by atoms with Crippen LogP contribution in [-0.4, -0.2) is 66.9 Å². The zero-order valence-electron chi connectivity index (χ0n) is 21.1. The number of nitrogens with one attached hydrogen (secondary N) is 1. The highest BCUT2D eigenvalue weighted by atomic mass is 79.9. The normalized spacial score (nSPS) is 25.6. The van der Waals surface area contributed by atoms with Crippen LogP contribution in [-0.2, 0) is 9.53 Å². The fourth-order valence-electron chi connectivity index (χ4n) is 6.36. The number of carbonyl (C=O) groups excluding carboxylic acids is 1. The third kappa shape index (κ3) is 4.33. The van der Waals surface area contributed by atoms with Crippen molar-refractivity contribution < 1.29 is 9.53 Å². The fourth-order valence-corrected chi connectivity index (χ4v) is 6.79. The average molecular weight is 576 g/mol. The molecule has 3 fully saturated rings. The van der Waals surface area contributed by atoms with Crippen LogP contribution in [0, 0.1) is 5.92 Å². The lowest BCUT2D eigenvalue weighted by atomic mass is 9.93. The molecule has 1 unspecified atom stereocenters. The summed E-state index contributed by atoms with van der Waals surface area (Å²) in [5.41, 5.74) is 2.47. The largest absolute Gasteiger partial charge is 0.373 e. The molecule has 3 atom stereocenters. The minimum Gasteiger partial charge on any atom is -0.373 e. The van der Waals surface area contributed by atoms with Crippen molar-refractivity contribution in [3.05, 3.63) is 47.3 Å². The fraction of sp³-hybridized carbons (Fsp3) is 0.464. The Hall–Kier alpha value is -3.11. The Morgan fingerprint density at radius 2 is 2.11 bits per heavy atom. The monoisotopic (exact) mass is 575 g/mol. The number of nitrogens with zero attached hydrogens (tertiary/aromatic N) is 6. The van der Waals surface area contributed by atoms with Gasteiger partial charge in [0.05, 0.1) is 22.2 Å². The summed E-state index contributed by atoms with van der Waals surface area (Å²) in [5, 5.41) is 10.1. The molecular weight excluding hydrogens is 546 g/mol. The summed E-state index contributed by atoms with van der Waals surface area (Å²) in [6, 6.07) is 10.2. The number of carbonyl (C=O) groups is 1. The second-order valence-corrected chi connectivity index (χ2v) is 11.6. The number of ether oxygens (including phenoxy) is 1. The van der Waals surface area contributed by atoms with Gasteiger partial charge in [-0.3, -0.25) is 9.78 Å². The Balaban J connectivity index is 1.06. The van der Waals surface area contributed by atoms with Crippen LogP contribution < -0.4 is 5.32 Å². The van der Waals surface area contributed by atoms with Crippen molar-refractivity contribution in [1.29, 1.82) is 0 Å². The number of benzene rings is 1. The van der Waals surface area contributed by atoms with Gasteiger partial charge in [0.15, 0.2) is 5.65 Å². The molecule has 1 aliphatic carbocycles. The van der Waals surface area contributed by atoms with E-state index >= 15 is 0 Å². The second-order valence-electron chi connectivity index (χ2n) is 10.9. The molecule has 9 nitrogen and oxygen atoms in total. The summed E-state index contributed by atoms with van der Waals surface area (Å²) in [6.45, 7) is 2.40. The van der Waals surface area contributed by atoms with Gasteiger partial charge in [-0.25, -0.2) is 9.67 Å². The third-order valence-electron chi connectivity index (χ3n) is 8.39. The molecule has 2 aliphatic heterocycles. The Morgan fingerprint density at radius 3 is 3.00 bits per heavy atom. The summed E-state index contributed by atoms with van der Waals surface area (Å²) in [7, 11) is 0. The first-order valence-electron chi connectivity index (χ1n) is 13.5. The molecule has 3 aromatic heterocycles. The first-order valence-corrected chi connectivity index (χ1v) is 14.3. The van der Waals surface area contributed by atoms with E-state index < -0.39 is 0 Å². The standard InChI is InChI=1S/C28H30BrN7O2/c29-24-22-16-31-27(33-25(22)36(34-24)21-7-8-23-18(15-21)4-3-11-30-23)32-20-6-5-19(14-20)26(37)35-12-10-28(17-35)9-1-2-13-38-28/h3-4,7-8,11,15-16,19-20H,1-2,5-6,9-10,12-14,17H2,(H,31,32,33)/t19-,20-,28?/m1/s1. The highest BCUT2D eigenvalue weighted by Gasteiger charge is 2.44. The van der Waals surface area contributed by atoms with Gasteiger partial charge in [0, 0.05) is 49.4 Å². The van der Waals surface area contributed by atoms with Crippen molar-refractivity contribution in [1.82, 2.24) is 29.6 Å². The number of hydrogen-bond donors (Lipinski definition) is 1. The smallest absolute Gasteiger partial charge is 0.225 e. The van der Waals surface area contributed by atoms with Crippen LogP contribution in [0.2, 0.25) is 0 Å². The van der Waals surface area contributed by atoms with Gasteiger partial charge in [0.1, 0.15) is 4.60 Å². The Bertz CT molecular complexity index is 1520. The Kier molecular flexibility index (Phi) is 6.04. The molecule has 7 rings (SSSR count). The number of likely N-dealkylation sites (tertiary alicyclic amines) is 1. The number of amides is 1. The van der Waals surface area contributed by atoms with Gasteiger partial charge < -0.3 is 15.0 Å². The topological polar surface area (TPSA) is 98.1 Å². The summed E-state index contributed by atoms with van der Waals surface area (Å²) in [6.07, 6.45) is 10.6. The van der Waals surface area contributed by atoms with Crippen molar-refractivity contribution >= 4 is 49.7 Å². The van der Waals surface area contributed by atoms with Crippen molar-refractivity contribution in [2.75, 3.05) is 25.0 Å². The average Bonchev–Trinajstić information content (AvgIpc) is 3.66. The summed E-state index contributed by atoms with van der Waals surface area (Å²) < 4.78 is 8.66. The van der Waals surface area contributed by atoms with Gasteiger partial charge in [-0.05, 0) is 85.1 Å². The summed E-state index contributed by atoms with van der Waals surface area (Å²) >= 11 is 3.56. The summed E-state index contributed by atoms with van der Waals surface area (Å²) in [4.78, 5) is 29.2. The lowest BCUT2D eigenvalue weighted by molar-refractivity contribution is -0.136. The molecular formula is C28H30BrN7O2. The van der Waals surface area contributed by atoms with Gasteiger partial charge in [-0.15, -0.1) is 0 Å². The number of rotatable bonds is 4. The number of pyridine rings is 1. The predicted molar refractivity (Wildman–Crippen MR) is 148 cm³/mol. The molecule has 0 bridgehead atoms. The number of anilines is 1. The highest BCUT2D eigenvalue weighted by molar-refractivity contribution is 9.10. The molecule has 2 saturated heterocycles. The minimum atomic E-state index is -0.0911. The summed E-state index contributed by atoms with van der Waals surface area (Å²) in [5.74, 6) is 0.882. The van der Waals surface area contributed by atoms with E-state index in [9.17, 15) is 4.79 Å². The molecule has 4 aromatic rings. The Labute approximate surface area is 229 Å². The minimum absolute atomic E-state index is 0.0425. The molecule has 1 saturated carbocycles. The third-order valence-corrected chi connectivity index (χ3v) is 8.97. The lowest BCUT2D eigenvalue weighted by Gasteiger charge is -2.33. The van der Waals surface area contributed by atoms with Crippen LogP contribution in [0.4, 0.5) is 5.95 Å². The predicted octanol–water partition coefficient (Wildman–Crippen LogP) is 4.88. The van der Waals surface area contributed by atoms with E-state index in [-0.39, 0.29) is 23.5 Å². The maximum absolute atomic E-state index is 13.3. The van der Waals surface area contributed by atoms with Crippen LogP contribution in [0.1, 0.15) is 44.9 Å². The van der Waals surface area contributed by atoms with E-state index in [1.807, 2.05) is 28.9 Å². The number of aromatic nitrogens is 5. The number of hydrogen-bond acceptors (Lipinski definition) is 7. The van der Waals surface area contributed by atoms with Crippen molar-refractivity contribution in [3.63, 3.8) is 0 Å². The molecule has 196 valence electrons. The molecule has 5 heterocycles. The van der Waals surface area contributed by atoms with E-state index in [1.165, 1.54) is 6.42 Å². The van der Waals surface area contributed by atoms with Gasteiger partial charge in [-0.2, -0.15) is 10.1 Å². The van der Waals surface area contributed by atoms with Crippen LogP contribution >= 0.6 is 15.9 Å². The van der Waals surface area contributed by atoms with Gasteiger partial charge >= 0.3 is 0 Å². The Morgan fingerprint density at radius 1 is 1.16 bits per heavy atom. The van der Waals surface area contributed by atoms with Crippen molar-refractivity contribution in [2.45, 2.75) is 56.6 Å². The maximum Gasteiger partial charge on any atom is 0.225 e. The molecule has 38 heavy (non-hydrogen) atoms. The number of halogens is 1. The zero-order chi connectivity index (χ0) is 25.7. The number of fused-ring (bicyclic) bond motifs is 2. The molecule has 10 heteroatoms. The van der Waals surface area contributed by atoms with Crippen LogP contribution in [0.3, 0.4) is 0 Å². The first-order chi connectivity index (χ1) is 18.6. The maximum atomic E-state index is 13.3. The highest BCUT2D eigenvalue weighted by Crippen LogP contribution is 2.37. The van der Waals surface area contributed by atoms with Crippen LogP contribution in [0.15, 0.2) is 47.3 Å². The molecule has 1 amide bonds. The van der Waals surface area contributed by atoms with Gasteiger partial charge in [0.25, 0.3) is 0 Å². The molecule has 1 spiro atoms. The molecule has 1 N–H and O–H groups in total. The van der Waals surface area contributed by atoms with E-state index in [0.717, 1.165) is 85.8 Å². The van der Waals surface area contributed by atoms with Gasteiger partial charge in [-0.1, -0.05) is 6.07 Å². The zero-order valence-corrected chi connectivity index (χ0v) is 22.7. The second kappa shape index (κ2) is 9.57. The van der Waals surface area contributed by atoms with E-state index in [0.29, 0.717) is 10.6 Å². The van der Waals surface area contributed by atoms with E-state index in [2.05, 4.69) is 47.3 Å². The lowest BCUT2D eigenvalue weighted by Crippen LogP contribution is -2.42. The van der Waals surface area contributed by atoms with E-state index in [1.54, 1.807) is 12.4 Å². The molecule has 1 aromatic carbocycles. The SMILES string of the molecule is O=C([C@@H]1CC[C@@H](Nc2ncc3c(Br)nn(-c4ccc5ncccc5c4)c3n2)C1)N1CCC2(CCCCO2)C1. The first kappa shape index (κ1) is 24.0. The molecule has 3 aliphatic rings. The van der Waals surface area contributed by atoms with Crippen LogP contribution in [0.5, 0.6) is 0 Å². The van der Waals surface area contributed by atoms with Crippen molar-refractivity contribution in [3.8, 4) is 5.69 Å². The van der Waals surface area contributed by atoms with E-state index in [4.69, 9.17) is 9.72 Å². The van der Waals surface area contributed by atoms with Crippen molar-refractivity contribution in [2.24, 2.45) is 5.92 Å². The van der Waals surface area contributed by atoms with Gasteiger partial charge in [0.2, 0.25) is 11.9 Å².